The third kappa shape index (κ3) is 4.67. The number of carbonyl (C=O) groups is 1. The molecule has 98 valence electrons. The topological polar surface area (TPSA) is 80.0 Å². The van der Waals surface area contributed by atoms with Crippen molar-refractivity contribution in [2.75, 3.05) is 11.9 Å². The van der Waals surface area contributed by atoms with E-state index < -0.39 is 0 Å². The summed E-state index contributed by atoms with van der Waals surface area (Å²) < 4.78 is 0. The zero-order valence-electron chi connectivity index (χ0n) is 10.8. The Bertz CT molecular complexity index is 454. The summed E-state index contributed by atoms with van der Waals surface area (Å²) in [4.78, 5) is 16.0. The lowest BCUT2D eigenvalue weighted by molar-refractivity contribution is -0.120. The molecule has 4 N–H and O–H groups in total. The van der Waals surface area contributed by atoms with E-state index >= 15 is 0 Å². The third-order valence-corrected chi connectivity index (χ3v) is 2.22. The van der Waals surface area contributed by atoms with Crippen molar-refractivity contribution in [2.45, 2.75) is 26.3 Å². The summed E-state index contributed by atoms with van der Waals surface area (Å²) in [5, 5.41) is 5.77. The number of nitrogens with one attached hydrogen (secondary N) is 2. The highest BCUT2D eigenvalue weighted by Crippen LogP contribution is 2.10. The molecule has 6 heteroatoms. The lowest BCUT2D eigenvalue weighted by atomic mass is 10.1. The summed E-state index contributed by atoms with van der Waals surface area (Å²) in [7, 11) is 0. The summed E-state index contributed by atoms with van der Waals surface area (Å²) in [5.41, 5.74) is 5.95. The molecule has 0 unspecified atom stereocenters. The van der Waals surface area contributed by atoms with Gasteiger partial charge in [0, 0.05) is 11.7 Å². The van der Waals surface area contributed by atoms with Crippen LogP contribution in [0.4, 0.5) is 5.82 Å². The Morgan fingerprint density at radius 1 is 1.50 bits per heavy atom. The first kappa shape index (κ1) is 14.4. The molecule has 1 rings (SSSR count). The van der Waals surface area contributed by atoms with E-state index in [1.165, 1.54) is 0 Å². The minimum absolute atomic E-state index is 0.109. The van der Waals surface area contributed by atoms with Gasteiger partial charge in [-0.25, -0.2) is 4.98 Å². The molecule has 0 saturated heterocycles. The van der Waals surface area contributed by atoms with Gasteiger partial charge in [0.2, 0.25) is 5.91 Å². The normalized spacial score (nSPS) is 10.8. The fourth-order valence-corrected chi connectivity index (χ4v) is 1.54. The Hall–Kier alpha value is -1.69. The van der Waals surface area contributed by atoms with E-state index in [4.69, 9.17) is 18.0 Å². The third-order valence-electron chi connectivity index (χ3n) is 2.00. The monoisotopic (exact) mass is 266 g/mol. The van der Waals surface area contributed by atoms with Crippen molar-refractivity contribution in [3.63, 3.8) is 0 Å². The van der Waals surface area contributed by atoms with Crippen molar-refractivity contribution < 1.29 is 4.79 Å². The van der Waals surface area contributed by atoms with Crippen LogP contribution in [0.1, 0.15) is 26.3 Å². The number of rotatable bonds is 4. The van der Waals surface area contributed by atoms with Crippen molar-refractivity contribution in [1.29, 1.82) is 0 Å². The van der Waals surface area contributed by atoms with Crippen molar-refractivity contribution >= 4 is 28.9 Å². The molecule has 0 saturated carbocycles. The van der Waals surface area contributed by atoms with E-state index in [9.17, 15) is 4.79 Å². The van der Waals surface area contributed by atoms with Gasteiger partial charge in [-0.2, -0.15) is 0 Å². The molecule has 5 nitrogen and oxygen atoms in total. The number of thiocarbonyl (C=S) groups is 1. The van der Waals surface area contributed by atoms with E-state index in [0.717, 1.165) is 0 Å². The Morgan fingerprint density at radius 3 is 2.72 bits per heavy atom. The van der Waals surface area contributed by atoms with Gasteiger partial charge in [-0.15, -0.1) is 0 Å². The molecular formula is C12H18N4OS. The zero-order valence-corrected chi connectivity index (χ0v) is 11.6. The quantitative estimate of drug-likeness (QED) is 0.710. The number of hydrogen-bond donors (Lipinski definition) is 3. The molecule has 0 radical (unpaired) electrons. The van der Waals surface area contributed by atoms with Crippen molar-refractivity contribution in [2.24, 2.45) is 5.73 Å². The van der Waals surface area contributed by atoms with Crippen LogP contribution in [0.5, 0.6) is 0 Å². The number of carbonyl (C=O) groups excluding carboxylic acids is 1. The van der Waals surface area contributed by atoms with E-state index in [0.29, 0.717) is 11.4 Å². The number of nitrogens with zero attached hydrogens (tertiary/aromatic N) is 1. The molecule has 1 heterocycles. The van der Waals surface area contributed by atoms with Gasteiger partial charge in [0.05, 0.1) is 12.1 Å². The van der Waals surface area contributed by atoms with Crippen LogP contribution in [-0.2, 0) is 4.79 Å². The molecule has 0 spiro atoms. The van der Waals surface area contributed by atoms with Crippen LogP contribution in [-0.4, -0.2) is 28.0 Å². The summed E-state index contributed by atoms with van der Waals surface area (Å²) in [5.74, 6) is 0.413. The molecule has 18 heavy (non-hydrogen) atoms. The molecule has 1 aromatic rings. The molecule has 0 aromatic carbocycles. The lowest BCUT2D eigenvalue weighted by Gasteiger charge is -2.20. The van der Waals surface area contributed by atoms with Gasteiger partial charge >= 0.3 is 0 Å². The van der Waals surface area contributed by atoms with Gasteiger partial charge in [-0.1, -0.05) is 12.2 Å². The zero-order chi connectivity index (χ0) is 13.8. The maximum absolute atomic E-state index is 11.6. The first-order chi connectivity index (χ1) is 8.29. The SMILES string of the molecule is CC(C)(C)NC(=O)CNc1ncccc1C(N)=S. The first-order valence-electron chi connectivity index (χ1n) is 5.59. The molecule has 0 aliphatic rings. The standard InChI is InChI=1S/C12H18N4OS/c1-12(2,3)16-9(17)7-15-11-8(10(13)18)5-4-6-14-11/h4-6H,7H2,1-3H3,(H2,13,18)(H,14,15)(H,16,17). The number of aromatic nitrogens is 1. The number of hydrogen-bond acceptors (Lipinski definition) is 4. The predicted octanol–water partition coefficient (Wildman–Crippen LogP) is 1.04. The van der Waals surface area contributed by atoms with Crippen LogP contribution < -0.4 is 16.4 Å². The van der Waals surface area contributed by atoms with Gasteiger partial charge in [0.15, 0.2) is 0 Å². The number of pyridine rings is 1. The Labute approximate surface area is 112 Å². The Balaban J connectivity index is 2.64. The van der Waals surface area contributed by atoms with Crippen molar-refractivity contribution in [1.82, 2.24) is 10.3 Å². The highest BCUT2D eigenvalue weighted by Gasteiger charge is 2.14. The van der Waals surface area contributed by atoms with Crippen molar-refractivity contribution in [3.05, 3.63) is 23.9 Å². The first-order valence-corrected chi connectivity index (χ1v) is 6.00. The van der Waals surface area contributed by atoms with Crippen LogP contribution >= 0.6 is 12.2 Å². The van der Waals surface area contributed by atoms with Crippen LogP contribution in [0.15, 0.2) is 18.3 Å². The van der Waals surface area contributed by atoms with Gasteiger partial charge < -0.3 is 16.4 Å². The molecule has 0 aliphatic carbocycles. The number of anilines is 1. The largest absolute Gasteiger partial charge is 0.389 e. The van der Waals surface area contributed by atoms with E-state index in [-0.39, 0.29) is 23.0 Å². The van der Waals surface area contributed by atoms with E-state index in [1.54, 1.807) is 18.3 Å². The maximum Gasteiger partial charge on any atom is 0.239 e. The summed E-state index contributed by atoms with van der Waals surface area (Å²) >= 11 is 4.91. The second-order valence-corrected chi connectivity index (χ2v) is 5.36. The number of nitrogens with two attached hydrogens (primary N) is 1. The summed E-state index contributed by atoms with van der Waals surface area (Å²) in [6.45, 7) is 5.90. The molecule has 0 atom stereocenters. The minimum atomic E-state index is -0.255. The van der Waals surface area contributed by atoms with Crippen LogP contribution in [0.2, 0.25) is 0 Å². The minimum Gasteiger partial charge on any atom is -0.389 e. The Kier molecular flexibility index (Phi) is 4.61. The Morgan fingerprint density at radius 2 is 2.17 bits per heavy atom. The summed E-state index contributed by atoms with van der Waals surface area (Å²) in [6, 6.07) is 3.51. The molecule has 0 aliphatic heterocycles. The molecule has 0 bridgehead atoms. The average Bonchev–Trinajstić information content (AvgIpc) is 2.24. The van der Waals surface area contributed by atoms with Gasteiger partial charge in [-0.3, -0.25) is 4.79 Å². The second kappa shape index (κ2) is 5.77. The van der Waals surface area contributed by atoms with Crippen LogP contribution in [0.3, 0.4) is 0 Å². The van der Waals surface area contributed by atoms with Crippen molar-refractivity contribution in [3.8, 4) is 0 Å². The van der Waals surface area contributed by atoms with Crippen LogP contribution in [0, 0.1) is 0 Å². The second-order valence-electron chi connectivity index (χ2n) is 4.92. The average molecular weight is 266 g/mol. The van der Waals surface area contributed by atoms with E-state index in [2.05, 4.69) is 15.6 Å². The summed E-state index contributed by atoms with van der Waals surface area (Å²) in [6.07, 6.45) is 1.62. The predicted molar refractivity (Wildman–Crippen MR) is 76.5 cm³/mol. The smallest absolute Gasteiger partial charge is 0.239 e. The van der Waals surface area contributed by atoms with Gasteiger partial charge in [0.1, 0.15) is 10.8 Å². The van der Waals surface area contributed by atoms with Crippen LogP contribution in [0.25, 0.3) is 0 Å². The maximum atomic E-state index is 11.6. The fourth-order valence-electron chi connectivity index (χ4n) is 1.37. The lowest BCUT2D eigenvalue weighted by Crippen LogP contribution is -2.43. The molecular weight excluding hydrogens is 248 g/mol. The van der Waals surface area contributed by atoms with Gasteiger partial charge in [-0.05, 0) is 32.9 Å². The highest BCUT2D eigenvalue weighted by molar-refractivity contribution is 7.80. The molecule has 0 fully saturated rings. The highest BCUT2D eigenvalue weighted by atomic mass is 32.1. The number of amides is 1. The van der Waals surface area contributed by atoms with E-state index in [1.807, 2.05) is 20.8 Å². The fraction of sp³-hybridized carbons (Fsp3) is 0.417. The molecule has 1 aromatic heterocycles. The van der Waals surface area contributed by atoms with Gasteiger partial charge in [0.25, 0.3) is 0 Å². The molecule has 1 amide bonds.